The molecule has 0 aromatic rings. The Morgan fingerprint density at radius 2 is 1.57 bits per heavy atom. The maximum absolute atomic E-state index is 13.0. The van der Waals surface area contributed by atoms with Crippen molar-refractivity contribution in [2.75, 3.05) is 33.9 Å². The molecular formula is C21H30N2O7. The SMILES string of the molecule is COC(=O)C1=C(C)N=C(C)C(C(=O)OC)[C@H]1C(=O)OCC(=O)N1C[C@H](C)C[C@H](C)C1. The van der Waals surface area contributed by atoms with Crippen LogP contribution < -0.4 is 0 Å². The second-order valence-electron chi connectivity index (χ2n) is 8.07. The number of aliphatic imine (C=N–C) groups is 1. The number of rotatable bonds is 5. The predicted molar refractivity (Wildman–Crippen MR) is 107 cm³/mol. The molecule has 9 nitrogen and oxygen atoms in total. The molecule has 0 spiro atoms. The summed E-state index contributed by atoms with van der Waals surface area (Å²) in [6.07, 6.45) is 1.04. The first-order valence-corrected chi connectivity index (χ1v) is 9.97. The van der Waals surface area contributed by atoms with E-state index in [-0.39, 0.29) is 17.2 Å². The summed E-state index contributed by atoms with van der Waals surface area (Å²) in [5.74, 6) is -4.39. The number of amides is 1. The van der Waals surface area contributed by atoms with Gasteiger partial charge in [-0.1, -0.05) is 13.8 Å². The first kappa shape index (κ1) is 23.6. The van der Waals surface area contributed by atoms with Gasteiger partial charge >= 0.3 is 17.9 Å². The quantitative estimate of drug-likeness (QED) is 0.486. The number of hydrogen-bond acceptors (Lipinski definition) is 8. The summed E-state index contributed by atoms with van der Waals surface area (Å²) in [7, 11) is 2.36. The molecule has 0 aromatic carbocycles. The largest absolute Gasteiger partial charge is 0.468 e. The van der Waals surface area contributed by atoms with Gasteiger partial charge in [0, 0.05) is 24.5 Å². The van der Waals surface area contributed by atoms with Gasteiger partial charge in [-0.3, -0.25) is 19.4 Å². The van der Waals surface area contributed by atoms with Gasteiger partial charge in [0.15, 0.2) is 6.61 Å². The molecule has 0 bridgehead atoms. The molecule has 0 saturated carbocycles. The summed E-state index contributed by atoms with van der Waals surface area (Å²) in [6, 6.07) is 0. The van der Waals surface area contributed by atoms with E-state index in [4.69, 9.17) is 14.2 Å². The molecule has 2 aliphatic rings. The van der Waals surface area contributed by atoms with Crippen LogP contribution in [0.1, 0.15) is 34.1 Å². The molecule has 1 saturated heterocycles. The second-order valence-corrected chi connectivity index (χ2v) is 8.07. The van der Waals surface area contributed by atoms with E-state index >= 15 is 0 Å². The lowest BCUT2D eigenvalue weighted by Gasteiger charge is -2.35. The Bertz CT molecular complexity index is 776. The fourth-order valence-electron chi connectivity index (χ4n) is 4.28. The second kappa shape index (κ2) is 9.86. The number of piperidine rings is 1. The highest BCUT2D eigenvalue weighted by Crippen LogP contribution is 2.33. The maximum atomic E-state index is 13.0. The molecule has 0 aromatic heterocycles. The molecular weight excluding hydrogens is 392 g/mol. The first-order valence-electron chi connectivity index (χ1n) is 9.97. The number of hydrogen-bond donors (Lipinski definition) is 0. The van der Waals surface area contributed by atoms with Gasteiger partial charge in [-0.2, -0.15) is 0 Å². The van der Waals surface area contributed by atoms with E-state index in [0.29, 0.717) is 30.6 Å². The molecule has 0 radical (unpaired) electrons. The van der Waals surface area contributed by atoms with Crippen LogP contribution in [-0.4, -0.2) is 68.3 Å². The Hall–Kier alpha value is -2.71. The van der Waals surface area contributed by atoms with Crippen LogP contribution in [0.15, 0.2) is 16.3 Å². The topological polar surface area (TPSA) is 112 Å². The number of allylic oxidation sites excluding steroid dienone is 1. The van der Waals surface area contributed by atoms with Crippen molar-refractivity contribution in [3.8, 4) is 0 Å². The minimum Gasteiger partial charge on any atom is -0.468 e. The lowest BCUT2D eigenvalue weighted by atomic mass is 9.80. The van der Waals surface area contributed by atoms with Crippen molar-refractivity contribution in [2.24, 2.45) is 28.7 Å². The van der Waals surface area contributed by atoms with E-state index in [0.717, 1.165) is 6.42 Å². The Kier molecular flexibility index (Phi) is 7.75. The minimum absolute atomic E-state index is 0.0730. The zero-order chi connectivity index (χ0) is 22.6. The maximum Gasteiger partial charge on any atom is 0.336 e. The Morgan fingerprint density at radius 1 is 0.967 bits per heavy atom. The predicted octanol–water partition coefficient (Wildman–Crippen LogP) is 1.36. The van der Waals surface area contributed by atoms with Crippen molar-refractivity contribution in [3.05, 3.63) is 11.3 Å². The zero-order valence-corrected chi connectivity index (χ0v) is 18.4. The summed E-state index contributed by atoms with van der Waals surface area (Å²) >= 11 is 0. The van der Waals surface area contributed by atoms with Gasteiger partial charge in [-0.25, -0.2) is 4.79 Å². The highest BCUT2D eigenvalue weighted by Gasteiger charge is 2.46. The normalized spacial score (nSPS) is 26.6. The van der Waals surface area contributed by atoms with Crippen LogP contribution in [0.2, 0.25) is 0 Å². The van der Waals surface area contributed by atoms with Gasteiger partial charge in [0.25, 0.3) is 5.91 Å². The molecule has 166 valence electrons. The number of carbonyl (C=O) groups is 4. The number of likely N-dealkylation sites (tertiary alicyclic amines) is 1. The number of methoxy groups -OCH3 is 2. The van der Waals surface area contributed by atoms with E-state index in [1.807, 2.05) is 0 Å². The third-order valence-electron chi connectivity index (χ3n) is 5.50. The number of esters is 3. The van der Waals surface area contributed by atoms with E-state index in [1.54, 1.807) is 18.7 Å². The Labute approximate surface area is 176 Å². The molecule has 2 heterocycles. The van der Waals surface area contributed by atoms with Crippen LogP contribution in [0.3, 0.4) is 0 Å². The van der Waals surface area contributed by atoms with Crippen LogP contribution in [-0.2, 0) is 33.4 Å². The Balaban J connectivity index is 2.22. The molecule has 2 aliphatic heterocycles. The van der Waals surface area contributed by atoms with Crippen LogP contribution in [0, 0.1) is 23.7 Å². The van der Waals surface area contributed by atoms with Crippen molar-refractivity contribution in [3.63, 3.8) is 0 Å². The van der Waals surface area contributed by atoms with Gasteiger partial charge < -0.3 is 19.1 Å². The smallest absolute Gasteiger partial charge is 0.336 e. The number of carbonyl (C=O) groups excluding carboxylic acids is 4. The molecule has 2 rings (SSSR count). The third kappa shape index (κ3) is 5.06. The van der Waals surface area contributed by atoms with Crippen molar-refractivity contribution >= 4 is 29.5 Å². The summed E-state index contributed by atoms with van der Waals surface area (Å²) in [5.41, 5.74) is 0.501. The molecule has 1 amide bonds. The average Bonchev–Trinajstić information content (AvgIpc) is 2.69. The molecule has 1 fully saturated rings. The minimum atomic E-state index is -1.30. The van der Waals surface area contributed by atoms with E-state index in [9.17, 15) is 19.2 Å². The van der Waals surface area contributed by atoms with E-state index in [1.165, 1.54) is 14.2 Å². The summed E-state index contributed by atoms with van der Waals surface area (Å²) in [6.45, 7) is 8.01. The lowest BCUT2D eigenvalue weighted by Crippen LogP contribution is -2.46. The highest BCUT2D eigenvalue weighted by molar-refractivity contribution is 6.10. The molecule has 0 aliphatic carbocycles. The summed E-state index contributed by atoms with van der Waals surface area (Å²) in [5, 5.41) is 0. The van der Waals surface area contributed by atoms with E-state index in [2.05, 4.69) is 18.8 Å². The van der Waals surface area contributed by atoms with Crippen molar-refractivity contribution in [1.82, 2.24) is 4.90 Å². The fourth-order valence-corrected chi connectivity index (χ4v) is 4.28. The van der Waals surface area contributed by atoms with Gasteiger partial charge in [0.1, 0.15) is 11.8 Å². The monoisotopic (exact) mass is 422 g/mol. The number of ether oxygens (including phenoxy) is 3. The van der Waals surface area contributed by atoms with Gasteiger partial charge in [-0.15, -0.1) is 0 Å². The third-order valence-corrected chi connectivity index (χ3v) is 5.50. The van der Waals surface area contributed by atoms with Crippen LogP contribution in [0.25, 0.3) is 0 Å². The number of nitrogens with zero attached hydrogens (tertiary/aromatic N) is 2. The highest BCUT2D eigenvalue weighted by atomic mass is 16.5. The van der Waals surface area contributed by atoms with Crippen molar-refractivity contribution < 1.29 is 33.4 Å². The van der Waals surface area contributed by atoms with Gasteiger partial charge in [0.05, 0.1) is 19.8 Å². The molecule has 1 unspecified atom stereocenters. The molecule has 9 heteroatoms. The molecule has 30 heavy (non-hydrogen) atoms. The summed E-state index contributed by atoms with van der Waals surface area (Å²) in [4.78, 5) is 56.1. The van der Waals surface area contributed by atoms with Crippen molar-refractivity contribution in [1.29, 1.82) is 0 Å². The Morgan fingerprint density at radius 3 is 2.10 bits per heavy atom. The van der Waals surface area contributed by atoms with Crippen LogP contribution in [0.4, 0.5) is 0 Å². The lowest BCUT2D eigenvalue weighted by molar-refractivity contribution is -0.160. The van der Waals surface area contributed by atoms with Crippen LogP contribution in [0.5, 0.6) is 0 Å². The van der Waals surface area contributed by atoms with Gasteiger partial charge in [0.2, 0.25) is 0 Å². The van der Waals surface area contributed by atoms with Crippen molar-refractivity contribution in [2.45, 2.75) is 34.1 Å². The molecule has 0 N–H and O–H groups in total. The average molecular weight is 422 g/mol. The molecule has 4 atom stereocenters. The fraction of sp³-hybridized carbons (Fsp3) is 0.667. The zero-order valence-electron chi connectivity index (χ0n) is 18.4. The first-order chi connectivity index (χ1) is 14.1. The standard InChI is InChI=1S/C21H30N2O7/c1-11-7-12(2)9-23(8-11)15(24)10-30-21(27)18-16(19(25)28-5)13(3)22-14(4)17(18)20(26)29-6/h11-12,16,18H,7-10H2,1-6H3/t11-,12+,16?,18-/m1/s1. The van der Waals surface area contributed by atoms with Crippen LogP contribution >= 0.6 is 0 Å². The van der Waals surface area contributed by atoms with Gasteiger partial charge in [-0.05, 0) is 32.1 Å². The van der Waals surface area contributed by atoms with E-state index < -0.39 is 36.4 Å². The summed E-state index contributed by atoms with van der Waals surface area (Å²) < 4.78 is 14.9.